The van der Waals surface area contributed by atoms with Gasteiger partial charge in [-0.05, 0) is 50.1 Å². The monoisotopic (exact) mass is 264 g/mol. The van der Waals surface area contributed by atoms with Gasteiger partial charge in [0, 0.05) is 18.3 Å². The third kappa shape index (κ3) is 4.75. The average molecular weight is 264 g/mol. The maximum atomic E-state index is 6.08. The molecule has 0 aliphatic carbocycles. The zero-order valence-corrected chi connectivity index (χ0v) is 12.8. The van der Waals surface area contributed by atoms with Gasteiger partial charge in [-0.1, -0.05) is 20.3 Å². The van der Waals surface area contributed by atoms with Crippen LogP contribution in [-0.4, -0.2) is 24.6 Å². The van der Waals surface area contributed by atoms with E-state index in [1.54, 1.807) is 7.11 Å². The van der Waals surface area contributed by atoms with Gasteiger partial charge in [0.05, 0.1) is 7.11 Å². The summed E-state index contributed by atoms with van der Waals surface area (Å²) in [5, 5.41) is 0. The molecule has 0 bridgehead atoms. The van der Waals surface area contributed by atoms with Crippen LogP contribution in [0, 0.1) is 0 Å². The number of benzene rings is 1. The van der Waals surface area contributed by atoms with E-state index in [1.165, 1.54) is 12.8 Å². The number of nitrogen functional groups attached to an aromatic ring is 1. The van der Waals surface area contributed by atoms with Gasteiger partial charge in [-0.15, -0.1) is 0 Å². The number of methoxy groups -OCH3 is 1. The van der Waals surface area contributed by atoms with Crippen LogP contribution in [0.1, 0.15) is 45.6 Å². The molecule has 3 nitrogen and oxygen atoms in total. The molecule has 0 fully saturated rings. The third-order valence-electron chi connectivity index (χ3n) is 3.74. The second kappa shape index (κ2) is 8.05. The van der Waals surface area contributed by atoms with Gasteiger partial charge in [0.2, 0.25) is 0 Å². The lowest BCUT2D eigenvalue weighted by molar-refractivity contribution is 0.192. The number of hydrogen-bond acceptors (Lipinski definition) is 3. The molecule has 0 heterocycles. The zero-order chi connectivity index (χ0) is 14.3. The summed E-state index contributed by atoms with van der Waals surface area (Å²) in [6, 6.07) is 6.48. The lowest BCUT2D eigenvalue weighted by atomic mass is 10.1. The zero-order valence-electron chi connectivity index (χ0n) is 12.8. The number of unbranched alkanes of at least 4 members (excludes halogenated alkanes) is 1. The number of ether oxygens (including phenoxy) is 1. The van der Waals surface area contributed by atoms with E-state index >= 15 is 0 Å². The fourth-order valence-electron chi connectivity index (χ4n) is 2.14. The van der Waals surface area contributed by atoms with Crippen molar-refractivity contribution in [3.63, 3.8) is 0 Å². The standard InChI is InChI=1S/C16H28N2O/c1-5-7-10-18(13(3)6-2)12-14-11-15(19-4)8-9-16(14)17/h8-9,11,13H,5-7,10,12,17H2,1-4H3. The smallest absolute Gasteiger partial charge is 0.119 e. The Morgan fingerprint density at radius 3 is 2.63 bits per heavy atom. The van der Waals surface area contributed by atoms with Gasteiger partial charge in [-0.25, -0.2) is 0 Å². The lowest BCUT2D eigenvalue weighted by Crippen LogP contribution is -2.33. The highest BCUT2D eigenvalue weighted by Crippen LogP contribution is 2.22. The van der Waals surface area contributed by atoms with Crippen LogP contribution >= 0.6 is 0 Å². The SMILES string of the molecule is CCCCN(Cc1cc(OC)ccc1N)C(C)CC. The van der Waals surface area contributed by atoms with E-state index in [2.05, 4.69) is 31.7 Å². The highest BCUT2D eigenvalue weighted by Gasteiger charge is 2.14. The molecule has 0 amide bonds. The molecular weight excluding hydrogens is 236 g/mol. The Kier molecular flexibility index (Phi) is 6.71. The minimum Gasteiger partial charge on any atom is -0.497 e. The van der Waals surface area contributed by atoms with E-state index in [-0.39, 0.29) is 0 Å². The van der Waals surface area contributed by atoms with E-state index < -0.39 is 0 Å². The van der Waals surface area contributed by atoms with Gasteiger partial charge in [0.25, 0.3) is 0 Å². The van der Waals surface area contributed by atoms with Crippen molar-refractivity contribution in [2.75, 3.05) is 19.4 Å². The predicted molar refractivity (Wildman–Crippen MR) is 82.5 cm³/mol. The number of anilines is 1. The van der Waals surface area contributed by atoms with Crippen LogP contribution in [0.15, 0.2) is 18.2 Å². The third-order valence-corrected chi connectivity index (χ3v) is 3.74. The van der Waals surface area contributed by atoms with E-state index in [4.69, 9.17) is 10.5 Å². The van der Waals surface area contributed by atoms with Crippen molar-refractivity contribution in [3.8, 4) is 5.75 Å². The fraction of sp³-hybridized carbons (Fsp3) is 0.625. The molecule has 108 valence electrons. The van der Waals surface area contributed by atoms with Crippen LogP contribution in [0.4, 0.5) is 5.69 Å². The summed E-state index contributed by atoms with van der Waals surface area (Å²) in [6.07, 6.45) is 3.61. The van der Waals surface area contributed by atoms with Crippen LogP contribution in [-0.2, 0) is 6.54 Å². The second-order valence-electron chi connectivity index (χ2n) is 5.15. The van der Waals surface area contributed by atoms with E-state index in [0.29, 0.717) is 6.04 Å². The Morgan fingerprint density at radius 2 is 2.05 bits per heavy atom. The topological polar surface area (TPSA) is 38.5 Å². The maximum Gasteiger partial charge on any atom is 0.119 e. The molecule has 0 radical (unpaired) electrons. The first kappa shape index (κ1) is 15.8. The first-order chi connectivity index (χ1) is 9.12. The summed E-state index contributed by atoms with van der Waals surface area (Å²) in [5.74, 6) is 0.879. The molecule has 0 saturated carbocycles. The highest BCUT2D eigenvalue weighted by atomic mass is 16.5. The van der Waals surface area contributed by atoms with Gasteiger partial charge in [0.15, 0.2) is 0 Å². The Labute approximate surface area is 117 Å². The molecule has 2 N–H and O–H groups in total. The normalized spacial score (nSPS) is 12.7. The first-order valence-electron chi connectivity index (χ1n) is 7.28. The molecule has 3 heteroatoms. The number of hydrogen-bond donors (Lipinski definition) is 1. The van der Waals surface area contributed by atoms with Crippen molar-refractivity contribution in [2.45, 2.75) is 52.6 Å². The quantitative estimate of drug-likeness (QED) is 0.728. The number of rotatable bonds is 8. The van der Waals surface area contributed by atoms with Crippen molar-refractivity contribution < 1.29 is 4.74 Å². The molecule has 1 aromatic carbocycles. The van der Waals surface area contributed by atoms with E-state index in [0.717, 1.165) is 36.5 Å². The maximum absolute atomic E-state index is 6.08. The summed E-state index contributed by atoms with van der Waals surface area (Å²) in [5.41, 5.74) is 8.10. The van der Waals surface area contributed by atoms with Crippen LogP contribution in [0.2, 0.25) is 0 Å². The first-order valence-corrected chi connectivity index (χ1v) is 7.28. The Balaban J connectivity index is 2.82. The van der Waals surface area contributed by atoms with Crippen molar-refractivity contribution in [2.24, 2.45) is 0 Å². The van der Waals surface area contributed by atoms with Crippen LogP contribution in [0.3, 0.4) is 0 Å². The molecule has 0 saturated heterocycles. The second-order valence-corrected chi connectivity index (χ2v) is 5.15. The van der Waals surface area contributed by atoms with Gasteiger partial charge in [-0.3, -0.25) is 4.90 Å². The van der Waals surface area contributed by atoms with Crippen LogP contribution < -0.4 is 10.5 Å². The van der Waals surface area contributed by atoms with Crippen molar-refractivity contribution >= 4 is 5.69 Å². The number of nitrogens with zero attached hydrogens (tertiary/aromatic N) is 1. The minimum absolute atomic E-state index is 0.581. The predicted octanol–water partition coefficient (Wildman–Crippen LogP) is 3.68. The van der Waals surface area contributed by atoms with Crippen molar-refractivity contribution in [1.29, 1.82) is 0 Å². The molecule has 1 aromatic rings. The molecule has 0 aromatic heterocycles. The van der Waals surface area contributed by atoms with Crippen molar-refractivity contribution in [1.82, 2.24) is 4.90 Å². The molecule has 0 aliphatic heterocycles. The molecule has 0 aliphatic rings. The highest BCUT2D eigenvalue weighted by molar-refractivity contribution is 5.50. The summed E-state index contributed by atoms with van der Waals surface area (Å²) in [6.45, 7) is 8.78. The summed E-state index contributed by atoms with van der Waals surface area (Å²) in [7, 11) is 1.69. The van der Waals surface area contributed by atoms with Crippen molar-refractivity contribution in [3.05, 3.63) is 23.8 Å². The van der Waals surface area contributed by atoms with Gasteiger partial charge in [-0.2, -0.15) is 0 Å². The van der Waals surface area contributed by atoms with Crippen LogP contribution in [0.25, 0.3) is 0 Å². The van der Waals surface area contributed by atoms with Gasteiger partial charge < -0.3 is 10.5 Å². The summed E-state index contributed by atoms with van der Waals surface area (Å²) < 4.78 is 5.29. The summed E-state index contributed by atoms with van der Waals surface area (Å²) >= 11 is 0. The molecule has 1 rings (SSSR count). The largest absolute Gasteiger partial charge is 0.497 e. The Hall–Kier alpha value is -1.22. The Morgan fingerprint density at radius 1 is 1.32 bits per heavy atom. The Bertz CT molecular complexity index is 379. The summed E-state index contributed by atoms with van der Waals surface area (Å²) in [4.78, 5) is 2.51. The number of nitrogens with two attached hydrogens (primary N) is 1. The molecule has 19 heavy (non-hydrogen) atoms. The van der Waals surface area contributed by atoms with E-state index in [9.17, 15) is 0 Å². The lowest BCUT2D eigenvalue weighted by Gasteiger charge is -2.29. The molecule has 0 spiro atoms. The van der Waals surface area contributed by atoms with Crippen LogP contribution in [0.5, 0.6) is 5.75 Å². The van der Waals surface area contributed by atoms with Gasteiger partial charge >= 0.3 is 0 Å². The minimum atomic E-state index is 0.581. The molecule has 1 unspecified atom stereocenters. The average Bonchev–Trinajstić information content (AvgIpc) is 2.44. The van der Waals surface area contributed by atoms with Gasteiger partial charge in [0.1, 0.15) is 5.75 Å². The molecular formula is C16H28N2O. The molecule has 1 atom stereocenters. The van der Waals surface area contributed by atoms with E-state index in [1.807, 2.05) is 12.1 Å². The fourth-order valence-corrected chi connectivity index (χ4v) is 2.14.